The largest absolute Gasteiger partial charge is 0.310 e. The number of aromatic nitrogens is 2. The van der Waals surface area contributed by atoms with Crippen molar-refractivity contribution in [1.29, 1.82) is 0 Å². The summed E-state index contributed by atoms with van der Waals surface area (Å²) in [4.78, 5) is 0. The molecule has 1 saturated carbocycles. The molecule has 4 aliphatic rings. The number of rotatable bonds is 3. The summed E-state index contributed by atoms with van der Waals surface area (Å²) >= 11 is 0. The number of fused-ring (bicyclic) bond motifs is 6. The Labute approximate surface area is 347 Å². The molecular formula is C56H49BN2. The second-order valence-electron chi connectivity index (χ2n) is 20.3. The molecule has 0 radical (unpaired) electrons. The lowest BCUT2D eigenvalue weighted by atomic mass is 9.31. The van der Waals surface area contributed by atoms with Crippen LogP contribution in [0.15, 0.2) is 121 Å². The zero-order valence-corrected chi connectivity index (χ0v) is 35.1. The van der Waals surface area contributed by atoms with Crippen LogP contribution >= 0.6 is 0 Å². The molecule has 0 bridgehead atoms. The van der Waals surface area contributed by atoms with E-state index < -0.39 is 0 Å². The lowest BCUT2D eigenvalue weighted by Gasteiger charge is -2.41. The molecule has 5 heterocycles. The molecule has 13 rings (SSSR count). The summed E-state index contributed by atoms with van der Waals surface area (Å²) in [6.45, 7) is 14.5. The van der Waals surface area contributed by atoms with Crippen LogP contribution in [0.5, 0.6) is 0 Å². The highest BCUT2D eigenvalue weighted by Crippen LogP contribution is 2.51. The third-order valence-electron chi connectivity index (χ3n) is 14.9. The van der Waals surface area contributed by atoms with Crippen molar-refractivity contribution >= 4 is 66.6 Å². The van der Waals surface area contributed by atoms with E-state index in [1.807, 2.05) is 0 Å². The Kier molecular flexibility index (Phi) is 6.63. The van der Waals surface area contributed by atoms with Gasteiger partial charge in [-0.15, -0.1) is 0 Å². The van der Waals surface area contributed by atoms with Crippen molar-refractivity contribution in [1.82, 2.24) is 9.13 Å². The molecule has 3 heteroatoms. The van der Waals surface area contributed by atoms with Crippen molar-refractivity contribution in [2.75, 3.05) is 0 Å². The monoisotopic (exact) mass is 760 g/mol. The molecule has 1 aliphatic carbocycles. The first-order valence-electron chi connectivity index (χ1n) is 22.2. The smallest absolute Gasteiger partial charge is 0.253 e. The lowest BCUT2D eigenvalue weighted by Crippen LogP contribution is -2.62. The Hall–Kier alpha value is -5.80. The first-order valence-corrected chi connectivity index (χ1v) is 22.2. The molecule has 0 N–H and O–H groups in total. The van der Waals surface area contributed by atoms with Gasteiger partial charge in [0.1, 0.15) is 0 Å². The van der Waals surface area contributed by atoms with Gasteiger partial charge in [-0.25, -0.2) is 0 Å². The molecule has 2 aromatic heterocycles. The van der Waals surface area contributed by atoms with Crippen molar-refractivity contribution in [2.45, 2.75) is 90.4 Å². The first kappa shape index (κ1) is 34.1. The average molecular weight is 761 g/mol. The van der Waals surface area contributed by atoms with Gasteiger partial charge in [-0.3, -0.25) is 0 Å². The molecule has 0 unspecified atom stereocenters. The Balaban J connectivity index is 1.31. The molecule has 3 aliphatic heterocycles. The Morgan fingerprint density at radius 1 is 0.542 bits per heavy atom. The highest BCUT2D eigenvalue weighted by atomic mass is 15.0. The Bertz CT molecular complexity index is 3300. The topological polar surface area (TPSA) is 9.86 Å². The van der Waals surface area contributed by atoms with Crippen LogP contribution in [0.25, 0.3) is 88.4 Å². The van der Waals surface area contributed by atoms with Crippen LogP contribution in [0.3, 0.4) is 0 Å². The van der Waals surface area contributed by atoms with Gasteiger partial charge in [0, 0.05) is 38.6 Å². The van der Waals surface area contributed by atoms with Gasteiger partial charge in [0.05, 0.1) is 16.7 Å². The molecule has 2 nitrogen and oxygen atoms in total. The van der Waals surface area contributed by atoms with E-state index in [4.69, 9.17) is 0 Å². The van der Waals surface area contributed by atoms with E-state index in [1.165, 1.54) is 154 Å². The van der Waals surface area contributed by atoms with Gasteiger partial charge in [-0.1, -0.05) is 146 Å². The normalized spacial score (nSPS) is 15.5. The van der Waals surface area contributed by atoms with E-state index in [0.717, 1.165) is 0 Å². The van der Waals surface area contributed by atoms with Crippen LogP contribution in [0.4, 0.5) is 0 Å². The van der Waals surface area contributed by atoms with Crippen LogP contribution in [-0.2, 0) is 10.8 Å². The van der Waals surface area contributed by atoms with E-state index in [9.17, 15) is 0 Å². The number of hydrogen-bond acceptors (Lipinski definition) is 0. The predicted molar refractivity (Wildman–Crippen MR) is 253 cm³/mol. The SMILES string of the molecule is CC(C)(C)c1ccc2c(c1)c1cc(C(C)(C)C)c3c4c1n2-c1cc(C2CCCCC2)cc2c1B4c1c4c-3cccc4cc3c(-c4ccccc4)c(-c4ccccc4)n-2c13. The van der Waals surface area contributed by atoms with Gasteiger partial charge in [0.15, 0.2) is 0 Å². The van der Waals surface area contributed by atoms with Crippen LogP contribution in [0.2, 0.25) is 0 Å². The second-order valence-corrected chi connectivity index (χ2v) is 20.3. The minimum atomic E-state index is -0.0658. The maximum Gasteiger partial charge on any atom is 0.253 e. The molecule has 0 amide bonds. The number of nitrogens with zero attached hydrogens (tertiary/aromatic N) is 2. The average Bonchev–Trinajstić information content (AvgIpc) is 3.77. The minimum absolute atomic E-state index is 0.0442. The highest BCUT2D eigenvalue weighted by molar-refractivity contribution is 7.03. The first-order chi connectivity index (χ1) is 28.6. The summed E-state index contributed by atoms with van der Waals surface area (Å²) in [5.41, 5.74) is 23.8. The van der Waals surface area contributed by atoms with Gasteiger partial charge < -0.3 is 9.13 Å². The maximum absolute atomic E-state index is 2.75. The fourth-order valence-corrected chi connectivity index (χ4v) is 12.3. The van der Waals surface area contributed by atoms with Crippen LogP contribution in [0, 0.1) is 0 Å². The number of hydrogen-bond donors (Lipinski definition) is 0. The Morgan fingerprint density at radius 3 is 1.95 bits per heavy atom. The summed E-state index contributed by atoms with van der Waals surface area (Å²) in [6, 6.07) is 47.6. The Morgan fingerprint density at radius 2 is 1.24 bits per heavy atom. The van der Waals surface area contributed by atoms with Gasteiger partial charge >= 0.3 is 0 Å². The van der Waals surface area contributed by atoms with Crippen molar-refractivity contribution in [2.24, 2.45) is 0 Å². The third kappa shape index (κ3) is 4.39. The van der Waals surface area contributed by atoms with E-state index in [0.29, 0.717) is 5.92 Å². The maximum atomic E-state index is 2.75. The van der Waals surface area contributed by atoms with Gasteiger partial charge in [0.25, 0.3) is 6.71 Å². The molecule has 7 aromatic carbocycles. The molecule has 59 heavy (non-hydrogen) atoms. The second kappa shape index (κ2) is 11.5. The standard InChI is InChI=1S/C56H49BN2/c1-55(2,3)37-25-26-43-39(30-37)40-31-42(56(4,5)6)48-38-24-16-23-35-27-41-47(33-19-12-8-13-20-33)52(34-21-14-9-15-22-34)59-45-29-36(32-17-10-7-11-18-32)28-44-49(45)57(50(46(35)38)54(41)59)51(48)53(40)58(43)44/h8-9,12-16,19-32H,7,10-11,17-18H2,1-6H3. The minimum Gasteiger partial charge on any atom is -0.310 e. The fourth-order valence-electron chi connectivity index (χ4n) is 12.3. The zero-order chi connectivity index (χ0) is 39.7. The molecule has 0 spiro atoms. The molecule has 9 aromatic rings. The van der Waals surface area contributed by atoms with Crippen molar-refractivity contribution in [3.05, 3.63) is 138 Å². The third-order valence-corrected chi connectivity index (χ3v) is 14.9. The summed E-state index contributed by atoms with van der Waals surface area (Å²) in [5.74, 6) is 0.561. The van der Waals surface area contributed by atoms with Crippen molar-refractivity contribution in [3.8, 4) is 44.9 Å². The summed E-state index contributed by atoms with van der Waals surface area (Å²) in [6.07, 6.45) is 6.50. The molecular weight excluding hydrogens is 711 g/mol. The predicted octanol–water partition coefficient (Wildman–Crippen LogP) is 13.0. The van der Waals surface area contributed by atoms with E-state index in [1.54, 1.807) is 0 Å². The summed E-state index contributed by atoms with van der Waals surface area (Å²) in [5, 5.41) is 6.93. The zero-order valence-electron chi connectivity index (χ0n) is 35.1. The van der Waals surface area contributed by atoms with Crippen LogP contribution in [0.1, 0.15) is 96.3 Å². The fraction of sp³-hybridized carbons (Fsp3) is 0.250. The molecule has 0 saturated heterocycles. The van der Waals surface area contributed by atoms with Crippen molar-refractivity contribution in [3.63, 3.8) is 0 Å². The van der Waals surface area contributed by atoms with Crippen LogP contribution < -0.4 is 16.4 Å². The summed E-state index contributed by atoms with van der Waals surface area (Å²) in [7, 11) is 0. The van der Waals surface area contributed by atoms with Gasteiger partial charge in [0.2, 0.25) is 0 Å². The van der Waals surface area contributed by atoms with E-state index in [2.05, 4.69) is 172 Å². The molecule has 0 atom stereocenters. The van der Waals surface area contributed by atoms with Crippen molar-refractivity contribution < 1.29 is 0 Å². The van der Waals surface area contributed by atoms with E-state index in [-0.39, 0.29) is 17.5 Å². The van der Waals surface area contributed by atoms with Gasteiger partial charge in [-0.2, -0.15) is 0 Å². The highest BCUT2D eigenvalue weighted by Gasteiger charge is 2.48. The van der Waals surface area contributed by atoms with Gasteiger partial charge in [-0.05, 0) is 132 Å². The summed E-state index contributed by atoms with van der Waals surface area (Å²) < 4.78 is 5.49. The van der Waals surface area contributed by atoms with Crippen LogP contribution in [-0.4, -0.2) is 15.8 Å². The van der Waals surface area contributed by atoms with E-state index >= 15 is 0 Å². The number of benzene rings is 7. The molecule has 286 valence electrons. The quantitative estimate of drug-likeness (QED) is 0.159. The molecule has 1 fully saturated rings. The lowest BCUT2D eigenvalue weighted by molar-refractivity contribution is 0.443.